The van der Waals surface area contributed by atoms with Gasteiger partial charge in [-0.2, -0.15) is 0 Å². The minimum atomic E-state index is 0.0760. The summed E-state index contributed by atoms with van der Waals surface area (Å²) in [7, 11) is 0. The van der Waals surface area contributed by atoms with Crippen LogP contribution in [-0.2, 0) is 0 Å². The van der Waals surface area contributed by atoms with Gasteiger partial charge < -0.3 is 4.57 Å². The number of nitrogens with zero attached hydrogens (tertiary/aromatic N) is 3. The third-order valence-corrected chi connectivity index (χ3v) is 5.85. The number of carbonyl (C=O) groups excluding carboxylic acids is 1. The maximum atomic E-state index is 12.7. The highest BCUT2D eigenvalue weighted by atomic mass is 35.5. The summed E-state index contributed by atoms with van der Waals surface area (Å²) in [5.74, 6) is 0.387. The molecule has 0 saturated carbocycles. The first-order chi connectivity index (χ1) is 12.5. The van der Waals surface area contributed by atoms with Crippen LogP contribution in [0.25, 0.3) is 5.69 Å². The molecule has 0 aliphatic rings. The Kier molecular flexibility index (Phi) is 6.06. The van der Waals surface area contributed by atoms with Gasteiger partial charge in [0.25, 0.3) is 0 Å². The number of carbonyl (C=O) groups is 1. The lowest BCUT2D eigenvalue weighted by molar-refractivity contribution is 0.102. The van der Waals surface area contributed by atoms with Gasteiger partial charge in [-0.15, -0.1) is 22.0 Å². The zero-order valence-corrected chi connectivity index (χ0v) is 17.1. The van der Waals surface area contributed by atoms with E-state index in [0.717, 1.165) is 22.6 Å². The van der Waals surface area contributed by atoms with Crippen molar-refractivity contribution in [1.82, 2.24) is 14.8 Å². The molecule has 0 atom stereocenters. The van der Waals surface area contributed by atoms with Gasteiger partial charge in [-0.1, -0.05) is 29.4 Å². The molecule has 4 nitrogen and oxygen atoms in total. The van der Waals surface area contributed by atoms with E-state index in [9.17, 15) is 4.79 Å². The number of thioether (sulfide) groups is 2. The first-order valence-corrected chi connectivity index (χ1v) is 10.6. The second-order valence-corrected chi connectivity index (χ2v) is 7.99. The highest BCUT2D eigenvalue weighted by Gasteiger charge is 2.17. The summed E-state index contributed by atoms with van der Waals surface area (Å²) in [5, 5.41) is 8.80. The molecule has 0 saturated heterocycles. The number of aromatic nitrogens is 3. The van der Waals surface area contributed by atoms with Crippen molar-refractivity contribution in [2.75, 3.05) is 12.0 Å². The fourth-order valence-corrected chi connectivity index (χ4v) is 4.04. The minimum Gasteiger partial charge on any atom is -0.318 e. The van der Waals surface area contributed by atoms with Crippen LogP contribution >= 0.6 is 35.1 Å². The summed E-state index contributed by atoms with van der Waals surface area (Å²) in [6.07, 6.45) is 2.06. The second kappa shape index (κ2) is 8.29. The first kappa shape index (κ1) is 19.0. The second-order valence-electron chi connectivity index (χ2n) is 5.73. The third kappa shape index (κ3) is 4.14. The number of hydrogen-bond donors (Lipinski definition) is 0. The average molecular weight is 404 g/mol. The van der Waals surface area contributed by atoms with E-state index in [2.05, 4.69) is 39.2 Å². The lowest BCUT2D eigenvalue weighted by atomic mass is 10.2. The Morgan fingerprint density at radius 3 is 2.65 bits per heavy atom. The summed E-state index contributed by atoms with van der Waals surface area (Å²) >= 11 is 8.80. The third-order valence-electron chi connectivity index (χ3n) is 4.00. The average Bonchev–Trinajstić information content (AvgIpc) is 2.95. The van der Waals surface area contributed by atoms with Gasteiger partial charge in [0.05, 0.1) is 5.75 Å². The molecule has 3 rings (SSSR count). The van der Waals surface area contributed by atoms with Crippen LogP contribution in [0.4, 0.5) is 0 Å². The largest absolute Gasteiger partial charge is 0.318 e. The molecule has 134 valence electrons. The van der Waals surface area contributed by atoms with Crippen LogP contribution in [0.5, 0.6) is 0 Å². The van der Waals surface area contributed by atoms with Crippen LogP contribution in [0, 0.1) is 13.8 Å². The van der Waals surface area contributed by atoms with E-state index < -0.39 is 0 Å². The lowest BCUT2D eigenvalue weighted by Gasteiger charge is -2.11. The van der Waals surface area contributed by atoms with Gasteiger partial charge in [0.1, 0.15) is 5.03 Å². The van der Waals surface area contributed by atoms with Crippen molar-refractivity contribution in [2.24, 2.45) is 0 Å². The molecule has 0 fully saturated rings. The molecule has 26 heavy (non-hydrogen) atoms. The van der Waals surface area contributed by atoms with E-state index in [4.69, 9.17) is 11.6 Å². The van der Waals surface area contributed by atoms with Crippen molar-refractivity contribution in [3.05, 3.63) is 64.6 Å². The molecule has 0 spiro atoms. The van der Waals surface area contributed by atoms with Crippen LogP contribution in [0.2, 0.25) is 5.15 Å². The van der Waals surface area contributed by atoms with Crippen molar-refractivity contribution < 1.29 is 4.79 Å². The Hall–Kier alpha value is -1.76. The van der Waals surface area contributed by atoms with Gasteiger partial charge in [0.15, 0.2) is 10.9 Å². The number of ketones is 1. The molecule has 3 aromatic rings. The predicted octanol–water partition coefficient (Wildman–Crippen LogP) is 5.23. The van der Waals surface area contributed by atoms with Crippen molar-refractivity contribution in [3.8, 4) is 5.69 Å². The maximum absolute atomic E-state index is 12.7. The highest BCUT2D eigenvalue weighted by molar-refractivity contribution is 8.00. The molecule has 2 heterocycles. The Balaban J connectivity index is 1.82. The molecule has 0 amide bonds. The smallest absolute Gasteiger partial charge is 0.174 e. The van der Waals surface area contributed by atoms with Crippen LogP contribution in [0.3, 0.4) is 0 Å². The van der Waals surface area contributed by atoms with E-state index in [1.165, 1.54) is 16.7 Å². The summed E-state index contributed by atoms with van der Waals surface area (Å²) in [6.45, 7) is 4.01. The van der Waals surface area contributed by atoms with Crippen LogP contribution < -0.4 is 0 Å². The van der Waals surface area contributed by atoms with Crippen molar-refractivity contribution in [3.63, 3.8) is 0 Å². The Labute approximate surface area is 166 Å². The van der Waals surface area contributed by atoms with Crippen LogP contribution in [0.15, 0.2) is 52.4 Å². The van der Waals surface area contributed by atoms with Crippen LogP contribution in [-0.4, -0.2) is 32.6 Å². The lowest BCUT2D eigenvalue weighted by Crippen LogP contribution is -2.06. The molecule has 0 aliphatic carbocycles. The van der Waals surface area contributed by atoms with Crippen molar-refractivity contribution >= 4 is 40.9 Å². The van der Waals surface area contributed by atoms with Gasteiger partial charge >= 0.3 is 0 Å². The maximum Gasteiger partial charge on any atom is 0.174 e. The molecule has 0 bridgehead atoms. The number of rotatable bonds is 6. The summed E-state index contributed by atoms with van der Waals surface area (Å²) in [4.78, 5) is 13.9. The Morgan fingerprint density at radius 2 is 1.96 bits per heavy atom. The SMILES string of the molecule is CSc1cccc(-n2c(C)cc(C(=O)CSc3ccc(Cl)nn3)c2C)c1. The number of Topliss-reactive ketones (excluding diaryl/α,β-unsaturated/α-hetero) is 1. The standard InChI is InChI=1S/C19H18ClN3OS2/c1-12-9-16(17(24)11-26-19-8-7-18(20)21-22-19)13(2)23(12)14-5-4-6-15(10-14)25-3/h4-10H,11H2,1-3H3. The molecule has 2 aromatic heterocycles. The van der Waals surface area contributed by atoms with Gasteiger partial charge in [-0.05, 0) is 56.5 Å². The van der Waals surface area contributed by atoms with Crippen molar-refractivity contribution in [2.45, 2.75) is 23.8 Å². The molecule has 0 N–H and O–H groups in total. The Morgan fingerprint density at radius 1 is 1.15 bits per heavy atom. The monoisotopic (exact) mass is 403 g/mol. The van der Waals surface area contributed by atoms with E-state index in [1.54, 1.807) is 23.9 Å². The molecule has 0 unspecified atom stereocenters. The van der Waals surface area contributed by atoms with Crippen LogP contribution in [0.1, 0.15) is 21.7 Å². The quantitative estimate of drug-likeness (QED) is 0.416. The molecular formula is C19H18ClN3OS2. The van der Waals surface area contributed by atoms with Gasteiger partial charge in [-0.25, -0.2) is 0 Å². The fraction of sp³-hybridized carbons (Fsp3) is 0.211. The summed E-state index contributed by atoms with van der Waals surface area (Å²) < 4.78 is 2.12. The van der Waals surface area contributed by atoms with Gasteiger partial charge in [0.2, 0.25) is 0 Å². The molecule has 0 aliphatic heterocycles. The summed E-state index contributed by atoms with van der Waals surface area (Å²) in [5.41, 5.74) is 3.81. The molecule has 1 aromatic carbocycles. The minimum absolute atomic E-state index is 0.0760. The van der Waals surface area contributed by atoms with Crippen molar-refractivity contribution in [1.29, 1.82) is 0 Å². The van der Waals surface area contributed by atoms with E-state index >= 15 is 0 Å². The predicted molar refractivity (Wildman–Crippen MR) is 109 cm³/mol. The first-order valence-electron chi connectivity index (χ1n) is 7.98. The topological polar surface area (TPSA) is 47.8 Å². The molecule has 7 heteroatoms. The molecule has 0 radical (unpaired) electrons. The Bertz CT molecular complexity index is 938. The number of halogens is 1. The number of hydrogen-bond acceptors (Lipinski definition) is 5. The van der Waals surface area contributed by atoms with E-state index in [0.29, 0.717) is 15.9 Å². The van der Waals surface area contributed by atoms with E-state index in [-0.39, 0.29) is 5.78 Å². The molecular weight excluding hydrogens is 386 g/mol. The fourth-order valence-electron chi connectivity index (χ4n) is 2.79. The van der Waals surface area contributed by atoms with E-state index in [1.807, 2.05) is 26.0 Å². The zero-order chi connectivity index (χ0) is 18.7. The zero-order valence-electron chi connectivity index (χ0n) is 14.7. The number of benzene rings is 1. The number of aryl methyl sites for hydroxylation is 1. The van der Waals surface area contributed by atoms with Gasteiger partial charge in [0, 0.05) is 27.5 Å². The normalized spacial score (nSPS) is 10.9. The highest BCUT2D eigenvalue weighted by Crippen LogP contribution is 2.26. The van der Waals surface area contributed by atoms with Gasteiger partial charge in [-0.3, -0.25) is 4.79 Å². The summed E-state index contributed by atoms with van der Waals surface area (Å²) in [6, 6.07) is 13.7.